The Morgan fingerprint density at radius 1 is 0.619 bits per heavy atom. The Labute approximate surface area is 123 Å². The maximum atomic E-state index is 11.6. The molecule has 102 valence electrons. The fourth-order valence-electron chi connectivity index (χ4n) is 2.36. The van der Waals surface area contributed by atoms with E-state index in [1.807, 2.05) is 72.8 Å². The molecule has 0 bridgehead atoms. The van der Waals surface area contributed by atoms with Crippen LogP contribution in [-0.4, -0.2) is 5.91 Å². The molecule has 2 N–H and O–H groups in total. The molecule has 0 heterocycles. The third kappa shape index (κ3) is 2.84. The number of nitrogens with two attached hydrogens (primary N) is 1. The van der Waals surface area contributed by atoms with E-state index < -0.39 is 5.91 Å². The van der Waals surface area contributed by atoms with Crippen molar-refractivity contribution < 1.29 is 4.79 Å². The zero-order valence-corrected chi connectivity index (χ0v) is 11.5. The molecule has 1 amide bonds. The van der Waals surface area contributed by atoms with E-state index in [2.05, 4.69) is 6.07 Å². The van der Waals surface area contributed by atoms with Crippen LogP contribution < -0.4 is 5.73 Å². The average molecular weight is 273 g/mol. The Morgan fingerprint density at radius 2 is 1.05 bits per heavy atom. The first kappa shape index (κ1) is 13.1. The fraction of sp³-hybridized carbons (Fsp3) is 0. The second-order valence-electron chi connectivity index (χ2n) is 4.90. The van der Waals surface area contributed by atoms with Crippen LogP contribution in [0.4, 0.5) is 0 Å². The summed E-state index contributed by atoms with van der Waals surface area (Å²) in [5.74, 6) is -0.412. The van der Waals surface area contributed by atoms with Gasteiger partial charge >= 0.3 is 0 Å². The Morgan fingerprint density at radius 3 is 1.43 bits per heavy atom. The summed E-state index contributed by atoms with van der Waals surface area (Å²) in [6, 6.07) is 25.7. The van der Waals surface area contributed by atoms with E-state index >= 15 is 0 Å². The van der Waals surface area contributed by atoms with Crippen LogP contribution in [-0.2, 0) is 0 Å². The van der Waals surface area contributed by atoms with Gasteiger partial charge in [-0.15, -0.1) is 0 Å². The molecule has 3 rings (SSSR count). The van der Waals surface area contributed by atoms with Crippen molar-refractivity contribution >= 4 is 5.91 Å². The number of carbonyl (C=O) groups excluding carboxylic acids is 1. The van der Waals surface area contributed by atoms with E-state index in [4.69, 9.17) is 5.73 Å². The largest absolute Gasteiger partial charge is 0.366 e. The standard InChI is InChI=1S/C19H15NO/c20-19(21)18-12-16(14-7-3-1-4-8-14)11-17(13-18)15-9-5-2-6-10-15/h1-13H,(H2,20,21). The molecule has 21 heavy (non-hydrogen) atoms. The SMILES string of the molecule is NC(=O)c1cc(-c2ccccc2)cc(-c2ccccc2)c1. The minimum atomic E-state index is -0.412. The molecule has 0 radical (unpaired) electrons. The molecule has 0 unspecified atom stereocenters. The van der Waals surface area contributed by atoms with Crippen LogP contribution in [0.25, 0.3) is 22.3 Å². The summed E-state index contributed by atoms with van der Waals surface area (Å²) in [7, 11) is 0. The number of rotatable bonds is 3. The zero-order chi connectivity index (χ0) is 14.7. The Kier molecular flexibility index (Phi) is 3.52. The normalized spacial score (nSPS) is 10.3. The third-order valence-electron chi connectivity index (χ3n) is 3.43. The molecule has 0 aliphatic heterocycles. The summed E-state index contributed by atoms with van der Waals surface area (Å²) in [4.78, 5) is 11.6. The monoisotopic (exact) mass is 273 g/mol. The molecule has 0 aliphatic carbocycles. The first-order chi connectivity index (χ1) is 10.2. The Bertz CT molecular complexity index is 706. The Balaban J connectivity index is 2.18. The van der Waals surface area contributed by atoms with Gasteiger partial charge in [-0.2, -0.15) is 0 Å². The fourth-order valence-corrected chi connectivity index (χ4v) is 2.36. The maximum absolute atomic E-state index is 11.6. The highest BCUT2D eigenvalue weighted by Crippen LogP contribution is 2.28. The van der Waals surface area contributed by atoms with Gasteiger partial charge in [0.15, 0.2) is 0 Å². The van der Waals surface area contributed by atoms with Gasteiger partial charge in [-0.3, -0.25) is 4.79 Å². The minimum Gasteiger partial charge on any atom is -0.366 e. The Hall–Kier alpha value is -2.87. The van der Waals surface area contributed by atoms with Gasteiger partial charge in [-0.05, 0) is 40.5 Å². The second-order valence-corrected chi connectivity index (χ2v) is 4.90. The molecule has 3 aromatic rings. The predicted octanol–water partition coefficient (Wildman–Crippen LogP) is 4.12. The van der Waals surface area contributed by atoms with Crippen LogP contribution in [0.5, 0.6) is 0 Å². The number of amides is 1. The number of hydrogen-bond donors (Lipinski definition) is 1. The summed E-state index contributed by atoms with van der Waals surface area (Å²) in [6.45, 7) is 0. The van der Waals surface area contributed by atoms with Crippen LogP contribution in [0, 0.1) is 0 Å². The van der Waals surface area contributed by atoms with Crippen LogP contribution in [0.1, 0.15) is 10.4 Å². The van der Waals surface area contributed by atoms with Crippen LogP contribution in [0.3, 0.4) is 0 Å². The van der Waals surface area contributed by atoms with Crippen molar-refractivity contribution in [2.45, 2.75) is 0 Å². The highest BCUT2D eigenvalue weighted by Gasteiger charge is 2.08. The van der Waals surface area contributed by atoms with E-state index in [1.165, 1.54) is 0 Å². The quantitative estimate of drug-likeness (QED) is 0.766. The van der Waals surface area contributed by atoms with Crippen molar-refractivity contribution in [2.24, 2.45) is 5.73 Å². The van der Waals surface area contributed by atoms with E-state index in [0.29, 0.717) is 5.56 Å². The molecule has 2 heteroatoms. The van der Waals surface area contributed by atoms with E-state index in [-0.39, 0.29) is 0 Å². The number of hydrogen-bond acceptors (Lipinski definition) is 1. The minimum absolute atomic E-state index is 0.412. The van der Waals surface area contributed by atoms with Crippen molar-refractivity contribution in [3.05, 3.63) is 84.4 Å². The lowest BCUT2D eigenvalue weighted by Gasteiger charge is -2.09. The molecule has 0 saturated carbocycles. The van der Waals surface area contributed by atoms with Gasteiger partial charge in [-0.25, -0.2) is 0 Å². The second kappa shape index (κ2) is 5.63. The van der Waals surface area contributed by atoms with Crippen LogP contribution in [0.15, 0.2) is 78.9 Å². The van der Waals surface area contributed by atoms with Gasteiger partial charge in [0.2, 0.25) is 5.91 Å². The van der Waals surface area contributed by atoms with E-state index in [9.17, 15) is 4.79 Å². The van der Waals surface area contributed by atoms with Gasteiger partial charge in [0.25, 0.3) is 0 Å². The molecule has 0 fully saturated rings. The van der Waals surface area contributed by atoms with Crippen molar-refractivity contribution in [1.82, 2.24) is 0 Å². The molecule has 0 saturated heterocycles. The molecule has 0 aromatic heterocycles. The topological polar surface area (TPSA) is 43.1 Å². The van der Waals surface area contributed by atoms with Crippen molar-refractivity contribution in [1.29, 1.82) is 0 Å². The van der Waals surface area contributed by atoms with Gasteiger partial charge in [0.1, 0.15) is 0 Å². The van der Waals surface area contributed by atoms with Crippen molar-refractivity contribution in [3.63, 3.8) is 0 Å². The summed E-state index contributed by atoms with van der Waals surface area (Å²) in [5, 5.41) is 0. The van der Waals surface area contributed by atoms with Crippen molar-refractivity contribution in [3.8, 4) is 22.3 Å². The number of benzene rings is 3. The smallest absolute Gasteiger partial charge is 0.248 e. The lowest BCUT2D eigenvalue weighted by molar-refractivity contribution is 0.100. The average Bonchev–Trinajstić information content (AvgIpc) is 2.56. The highest BCUT2D eigenvalue weighted by atomic mass is 16.1. The summed E-state index contributed by atoms with van der Waals surface area (Å²) in [6.07, 6.45) is 0. The lowest BCUT2D eigenvalue weighted by atomic mass is 9.96. The van der Waals surface area contributed by atoms with Gasteiger partial charge in [-0.1, -0.05) is 60.7 Å². The van der Waals surface area contributed by atoms with Crippen LogP contribution in [0.2, 0.25) is 0 Å². The maximum Gasteiger partial charge on any atom is 0.248 e. The summed E-state index contributed by atoms with van der Waals surface area (Å²) >= 11 is 0. The van der Waals surface area contributed by atoms with Crippen molar-refractivity contribution in [2.75, 3.05) is 0 Å². The molecule has 0 aliphatic rings. The summed E-state index contributed by atoms with van der Waals surface area (Å²) < 4.78 is 0. The molecular weight excluding hydrogens is 258 g/mol. The molecule has 2 nitrogen and oxygen atoms in total. The van der Waals surface area contributed by atoms with Gasteiger partial charge < -0.3 is 5.73 Å². The first-order valence-electron chi connectivity index (χ1n) is 6.80. The number of carbonyl (C=O) groups is 1. The van der Waals surface area contributed by atoms with E-state index in [0.717, 1.165) is 22.3 Å². The predicted molar refractivity (Wildman–Crippen MR) is 85.8 cm³/mol. The zero-order valence-electron chi connectivity index (χ0n) is 11.5. The lowest BCUT2D eigenvalue weighted by Crippen LogP contribution is -2.11. The highest BCUT2D eigenvalue weighted by molar-refractivity contribution is 5.96. The molecular formula is C19H15NO. The molecule has 0 spiro atoms. The summed E-state index contributed by atoms with van der Waals surface area (Å²) in [5.41, 5.74) is 10.1. The molecule has 0 atom stereocenters. The van der Waals surface area contributed by atoms with Gasteiger partial charge in [0, 0.05) is 5.56 Å². The van der Waals surface area contributed by atoms with Crippen LogP contribution >= 0.6 is 0 Å². The molecule has 3 aromatic carbocycles. The van der Waals surface area contributed by atoms with Gasteiger partial charge in [0.05, 0.1) is 0 Å². The van der Waals surface area contributed by atoms with E-state index in [1.54, 1.807) is 0 Å². The first-order valence-corrected chi connectivity index (χ1v) is 6.80. The number of primary amides is 1. The third-order valence-corrected chi connectivity index (χ3v) is 3.43.